The minimum atomic E-state index is -0.831. The van der Waals surface area contributed by atoms with Crippen LogP contribution in [0.1, 0.15) is 10.4 Å². The van der Waals surface area contributed by atoms with E-state index in [9.17, 15) is 18.8 Å². The van der Waals surface area contributed by atoms with E-state index in [2.05, 4.69) is 15.9 Å². The van der Waals surface area contributed by atoms with Gasteiger partial charge in [0.2, 0.25) is 11.8 Å². The van der Waals surface area contributed by atoms with Crippen molar-refractivity contribution in [2.24, 2.45) is 11.5 Å². The number of hydrogen-bond donors (Lipinski definition) is 2. The fraction of sp³-hybridized carbons (Fsp3) is 0.182. The van der Waals surface area contributed by atoms with Crippen molar-refractivity contribution >= 4 is 33.7 Å². The predicted octanol–water partition coefficient (Wildman–Crippen LogP) is 0.001000. The molecule has 1 aromatic rings. The van der Waals surface area contributed by atoms with Crippen LogP contribution in [0.25, 0.3) is 0 Å². The number of halogens is 2. The monoisotopic (exact) mass is 331 g/mol. The molecule has 8 heteroatoms. The fourth-order valence-electron chi connectivity index (χ4n) is 1.41. The van der Waals surface area contributed by atoms with Crippen molar-refractivity contribution in [3.63, 3.8) is 0 Å². The summed E-state index contributed by atoms with van der Waals surface area (Å²) in [6.45, 7) is -1.03. The Morgan fingerprint density at radius 3 is 2.11 bits per heavy atom. The topological polar surface area (TPSA) is 106 Å². The smallest absolute Gasteiger partial charge is 0.257 e. The second kappa shape index (κ2) is 6.28. The van der Waals surface area contributed by atoms with E-state index >= 15 is 0 Å². The molecule has 0 saturated heterocycles. The van der Waals surface area contributed by atoms with Crippen LogP contribution in [0.2, 0.25) is 0 Å². The lowest BCUT2D eigenvalue weighted by Gasteiger charge is -2.19. The highest BCUT2D eigenvalue weighted by Gasteiger charge is 2.22. The molecular weight excluding hydrogens is 321 g/mol. The molecule has 0 spiro atoms. The van der Waals surface area contributed by atoms with Crippen LogP contribution < -0.4 is 11.5 Å². The summed E-state index contributed by atoms with van der Waals surface area (Å²) < 4.78 is 14.1. The van der Waals surface area contributed by atoms with Gasteiger partial charge in [0.1, 0.15) is 18.9 Å². The number of nitrogens with zero attached hydrogens (tertiary/aromatic N) is 1. The lowest BCUT2D eigenvalue weighted by Crippen LogP contribution is -2.43. The predicted molar refractivity (Wildman–Crippen MR) is 68.4 cm³/mol. The standard InChI is InChI=1S/C11H11BrFN3O3/c12-6-1-2-7(8(13)3-6)11(19)16(4-9(14)17)5-10(15)18/h1-3H,4-5H2,(H2,14,17)(H2,15,18). The Bertz CT molecular complexity index is 520. The van der Waals surface area contributed by atoms with Gasteiger partial charge in [0.05, 0.1) is 5.56 Å². The number of primary amides is 2. The van der Waals surface area contributed by atoms with Crippen molar-refractivity contribution in [1.82, 2.24) is 4.90 Å². The molecule has 1 aromatic carbocycles. The molecule has 4 N–H and O–H groups in total. The Kier molecular flexibility index (Phi) is 4.99. The maximum absolute atomic E-state index is 13.6. The maximum atomic E-state index is 13.6. The number of benzene rings is 1. The maximum Gasteiger partial charge on any atom is 0.257 e. The van der Waals surface area contributed by atoms with E-state index in [1.807, 2.05) is 0 Å². The first-order chi connectivity index (χ1) is 8.81. The molecule has 3 amide bonds. The minimum absolute atomic E-state index is 0.272. The lowest BCUT2D eigenvalue weighted by atomic mass is 10.2. The summed E-state index contributed by atoms with van der Waals surface area (Å²) in [4.78, 5) is 34.5. The molecule has 0 aliphatic carbocycles. The average Bonchev–Trinajstić information content (AvgIpc) is 2.26. The third kappa shape index (κ3) is 4.32. The number of carbonyl (C=O) groups excluding carboxylic acids is 3. The van der Waals surface area contributed by atoms with Crippen LogP contribution in [-0.4, -0.2) is 35.7 Å². The summed E-state index contributed by atoms with van der Waals surface area (Å²) >= 11 is 3.05. The van der Waals surface area contributed by atoms with Gasteiger partial charge in [-0.3, -0.25) is 14.4 Å². The zero-order valence-corrected chi connectivity index (χ0v) is 11.3. The minimum Gasteiger partial charge on any atom is -0.368 e. The van der Waals surface area contributed by atoms with Gasteiger partial charge in [-0.05, 0) is 18.2 Å². The molecule has 0 unspecified atom stereocenters. The second-order valence-electron chi connectivity index (χ2n) is 3.72. The molecule has 0 aliphatic rings. The van der Waals surface area contributed by atoms with Crippen molar-refractivity contribution in [3.05, 3.63) is 34.1 Å². The number of nitrogens with two attached hydrogens (primary N) is 2. The number of rotatable bonds is 5. The van der Waals surface area contributed by atoms with E-state index in [4.69, 9.17) is 11.5 Å². The van der Waals surface area contributed by atoms with Crippen molar-refractivity contribution in [1.29, 1.82) is 0 Å². The molecule has 0 saturated carbocycles. The molecule has 1 rings (SSSR count). The van der Waals surface area contributed by atoms with E-state index in [-0.39, 0.29) is 5.56 Å². The molecule has 0 heterocycles. The largest absolute Gasteiger partial charge is 0.368 e. The van der Waals surface area contributed by atoms with Crippen LogP contribution in [0.3, 0.4) is 0 Å². The van der Waals surface area contributed by atoms with Crippen LogP contribution in [0.5, 0.6) is 0 Å². The fourth-order valence-corrected chi connectivity index (χ4v) is 1.74. The Morgan fingerprint density at radius 1 is 1.16 bits per heavy atom. The van der Waals surface area contributed by atoms with E-state index < -0.39 is 36.6 Å². The zero-order chi connectivity index (χ0) is 14.6. The van der Waals surface area contributed by atoms with Gasteiger partial charge in [-0.2, -0.15) is 0 Å². The normalized spacial score (nSPS) is 10.0. The number of amides is 3. The molecule has 19 heavy (non-hydrogen) atoms. The Hall–Kier alpha value is -1.96. The van der Waals surface area contributed by atoms with Gasteiger partial charge in [0.15, 0.2) is 0 Å². The average molecular weight is 332 g/mol. The third-order valence-electron chi connectivity index (χ3n) is 2.14. The van der Waals surface area contributed by atoms with Crippen LogP contribution >= 0.6 is 15.9 Å². The van der Waals surface area contributed by atoms with E-state index in [1.54, 1.807) is 0 Å². The van der Waals surface area contributed by atoms with Crippen molar-refractivity contribution in [2.75, 3.05) is 13.1 Å². The van der Waals surface area contributed by atoms with Crippen LogP contribution in [0.4, 0.5) is 4.39 Å². The Balaban J connectivity index is 3.04. The van der Waals surface area contributed by atoms with Gasteiger partial charge in [0.25, 0.3) is 5.91 Å². The number of hydrogen-bond acceptors (Lipinski definition) is 3. The van der Waals surface area contributed by atoms with Crippen LogP contribution in [0.15, 0.2) is 22.7 Å². The molecular formula is C11H11BrFN3O3. The van der Waals surface area contributed by atoms with Gasteiger partial charge in [-0.25, -0.2) is 4.39 Å². The highest BCUT2D eigenvalue weighted by atomic mass is 79.9. The summed E-state index contributed by atoms with van der Waals surface area (Å²) in [5.41, 5.74) is 9.65. The third-order valence-corrected chi connectivity index (χ3v) is 2.64. The molecule has 0 radical (unpaired) electrons. The first-order valence-electron chi connectivity index (χ1n) is 5.12. The molecule has 6 nitrogen and oxygen atoms in total. The van der Waals surface area contributed by atoms with Crippen LogP contribution in [0, 0.1) is 5.82 Å². The zero-order valence-electron chi connectivity index (χ0n) is 9.73. The highest BCUT2D eigenvalue weighted by molar-refractivity contribution is 9.10. The quantitative estimate of drug-likeness (QED) is 0.792. The summed E-state index contributed by atoms with van der Waals surface area (Å²) in [7, 11) is 0. The second-order valence-corrected chi connectivity index (χ2v) is 4.63. The van der Waals surface area contributed by atoms with Crippen LogP contribution in [-0.2, 0) is 9.59 Å². The van der Waals surface area contributed by atoms with E-state index in [0.717, 1.165) is 11.0 Å². The van der Waals surface area contributed by atoms with Crippen molar-refractivity contribution in [2.45, 2.75) is 0 Å². The van der Waals surface area contributed by atoms with Crippen molar-refractivity contribution < 1.29 is 18.8 Å². The Morgan fingerprint density at radius 2 is 1.68 bits per heavy atom. The van der Waals surface area contributed by atoms with Gasteiger partial charge >= 0.3 is 0 Å². The van der Waals surface area contributed by atoms with Gasteiger partial charge in [-0.15, -0.1) is 0 Å². The highest BCUT2D eigenvalue weighted by Crippen LogP contribution is 2.16. The first-order valence-corrected chi connectivity index (χ1v) is 5.91. The number of carbonyl (C=O) groups is 3. The molecule has 102 valence electrons. The molecule has 0 aromatic heterocycles. The van der Waals surface area contributed by atoms with E-state index in [1.165, 1.54) is 12.1 Å². The molecule has 0 fully saturated rings. The summed E-state index contributed by atoms with van der Waals surface area (Å²) in [5, 5.41) is 0. The summed E-state index contributed by atoms with van der Waals surface area (Å²) in [6.07, 6.45) is 0. The molecule has 0 bridgehead atoms. The van der Waals surface area contributed by atoms with Gasteiger partial charge in [0, 0.05) is 4.47 Å². The lowest BCUT2D eigenvalue weighted by molar-refractivity contribution is -0.121. The molecule has 0 aliphatic heterocycles. The first kappa shape index (κ1) is 15.1. The molecule has 0 atom stereocenters. The van der Waals surface area contributed by atoms with Gasteiger partial charge in [-0.1, -0.05) is 15.9 Å². The van der Waals surface area contributed by atoms with E-state index in [0.29, 0.717) is 4.47 Å². The van der Waals surface area contributed by atoms with Gasteiger partial charge < -0.3 is 16.4 Å². The summed E-state index contributed by atoms with van der Waals surface area (Å²) in [5.74, 6) is -3.26. The summed E-state index contributed by atoms with van der Waals surface area (Å²) in [6, 6.07) is 3.79. The van der Waals surface area contributed by atoms with Crippen molar-refractivity contribution in [3.8, 4) is 0 Å². The Labute approximate surface area is 116 Å². The SMILES string of the molecule is NC(=O)CN(CC(N)=O)C(=O)c1ccc(Br)cc1F.